The number of thiazole rings is 1. The van der Waals surface area contributed by atoms with Gasteiger partial charge in [-0.05, 0) is 23.8 Å². The highest BCUT2D eigenvalue weighted by atomic mass is 32.1. The fourth-order valence-corrected chi connectivity index (χ4v) is 2.74. The van der Waals surface area contributed by atoms with Crippen LogP contribution < -0.4 is 5.73 Å². The molecule has 0 atom stereocenters. The molecular formula is C15H12FN3S. The van der Waals surface area contributed by atoms with Crippen molar-refractivity contribution < 1.29 is 4.39 Å². The van der Waals surface area contributed by atoms with E-state index < -0.39 is 0 Å². The first-order chi connectivity index (χ1) is 9.78. The highest BCUT2D eigenvalue weighted by Crippen LogP contribution is 2.29. The van der Waals surface area contributed by atoms with Crippen LogP contribution in [0, 0.1) is 5.82 Å². The maximum atomic E-state index is 13.7. The van der Waals surface area contributed by atoms with Crippen LogP contribution in [0.2, 0.25) is 0 Å². The van der Waals surface area contributed by atoms with Gasteiger partial charge < -0.3 is 5.73 Å². The van der Waals surface area contributed by atoms with Gasteiger partial charge in [0.1, 0.15) is 10.7 Å². The van der Waals surface area contributed by atoms with Crippen molar-refractivity contribution in [3.63, 3.8) is 0 Å². The van der Waals surface area contributed by atoms with Crippen molar-refractivity contribution in [3.8, 4) is 22.0 Å². The van der Waals surface area contributed by atoms with Crippen LogP contribution in [0.15, 0.2) is 48.0 Å². The molecule has 0 aliphatic rings. The van der Waals surface area contributed by atoms with Crippen LogP contribution in [0.4, 0.5) is 4.39 Å². The minimum absolute atomic E-state index is 0.290. The van der Waals surface area contributed by atoms with E-state index in [9.17, 15) is 4.39 Å². The number of benzene rings is 1. The third-order valence-electron chi connectivity index (χ3n) is 2.92. The Morgan fingerprint density at radius 2 is 2.10 bits per heavy atom. The number of hydrogen-bond acceptors (Lipinski definition) is 4. The van der Waals surface area contributed by atoms with Crippen LogP contribution in [-0.2, 0) is 6.54 Å². The van der Waals surface area contributed by atoms with E-state index in [1.54, 1.807) is 12.3 Å². The lowest BCUT2D eigenvalue weighted by atomic mass is 10.1. The maximum absolute atomic E-state index is 13.7. The normalized spacial score (nSPS) is 10.7. The highest BCUT2D eigenvalue weighted by Gasteiger charge is 2.11. The maximum Gasteiger partial charge on any atom is 0.151 e. The summed E-state index contributed by atoms with van der Waals surface area (Å²) in [5, 5.41) is 2.48. The number of rotatable bonds is 3. The van der Waals surface area contributed by atoms with Gasteiger partial charge in [0.2, 0.25) is 0 Å². The molecule has 0 aliphatic heterocycles. The summed E-state index contributed by atoms with van der Waals surface area (Å²) in [4.78, 5) is 8.50. The minimum Gasteiger partial charge on any atom is -0.326 e. The monoisotopic (exact) mass is 285 g/mol. The molecule has 0 saturated heterocycles. The van der Waals surface area contributed by atoms with E-state index in [-0.39, 0.29) is 5.82 Å². The van der Waals surface area contributed by atoms with Gasteiger partial charge in [-0.2, -0.15) is 0 Å². The molecule has 0 aliphatic carbocycles. The second-order valence-corrected chi connectivity index (χ2v) is 5.13. The average molecular weight is 285 g/mol. The van der Waals surface area contributed by atoms with Crippen molar-refractivity contribution in [2.75, 3.05) is 0 Å². The van der Waals surface area contributed by atoms with Crippen molar-refractivity contribution in [1.29, 1.82) is 0 Å². The topological polar surface area (TPSA) is 51.8 Å². The highest BCUT2D eigenvalue weighted by molar-refractivity contribution is 7.13. The van der Waals surface area contributed by atoms with Gasteiger partial charge in [0.05, 0.1) is 5.69 Å². The van der Waals surface area contributed by atoms with E-state index in [4.69, 9.17) is 5.73 Å². The lowest BCUT2D eigenvalue weighted by Gasteiger charge is -2.00. The van der Waals surface area contributed by atoms with Gasteiger partial charge in [0.15, 0.2) is 5.82 Å². The van der Waals surface area contributed by atoms with Crippen LogP contribution in [0.5, 0.6) is 0 Å². The zero-order chi connectivity index (χ0) is 13.9. The third kappa shape index (κ3) is 2.45. The molecule has 0 radical (unpaired) electrons. The van der Waals surface area contributed by atoms with E-state index in [1.165, 1.54) is 17.4 Å². The van der Waals surface area contributed by atoms with Crippen molar-refractivity contribution >= 4 is 11.3 Å². The summed E-state index contributed by atoms with van der Waals surface area (Å²) >= 11 is 1.38. The summed E-state index contributed by atoms with van der Waals surface area (Å²) in [5.74, 6) is -0.357. The van der Waals surface area contributed by atoms with Crippen molar-refractivity contribution in [1.82, 2.24) is 9.97 Å². The number of aromatic nitrogens is 2. The molecule has 5 heteroatoms. The van der Waals surface area contributed by atoms with Crippen LogP contribution in [0.25, 0.3) is 22.0 Å². The third-order valence-corrected chi connectivity index (χ3v) is 3.77. The molecule has 0 fully saturated rings. The Morgan fingerprint density at radius 1 is 1.20 bits per heavy atom. The Labute approximate surface area is 119 Å². The summed E-state index contributed by atoms with van der Waals surface area (Å²) < 4.78 is 13.7. The van der Waals surface area contributed by atoms with Crippen molar-refractivity contribution in [3.05, 3.63) is 59.4 Å². The summed E-state index contributed by atoms with van der Waals surface area (Å²) in [6.45, 7) is 0.486. The van der Waals surface area contributed by atoms with Gasteiger partial charge in [0.25, 0.3) is 0 Å². The predicted molar refractivity (Wildman–Crippen MR) is 78.6 cm³/mol. The number of pyridine rings is 1. The molecule has 3 nitrogen and oxygen atoms in total. The second kappa shape index (κ2) is 5.48. The van der Waals surface area contributed by atoms with Crippen LogP contribution in [-0.4, -0.2) is 9.97 Å². The van der Waals surface area contributed by atoms with Gasteiger partial charge in [-0.25, -0.2) is 9.37 Å². The molecule has 0 amide bonds. The first-order valence-electron chi connectivity index (χ1n) is 6.14. The number of halogens is 1. The number of nitrogens with zero attached hydrogens (tertiary/aromatic N) is 2. The molecule has 0 spiro atoms. The molecule has 20 heavy (non-hydrogen) atoms. The summed E-state index contributed by atoms with van der Waals surface area (Å²) in [5.41, 5.74) is 8.76. The molecule has 2 aromatic heterocycles. The molecule has 0 unspecified atom stereocenters. The van der Waals surface area contributed by atoms with E-state index in [0.717, 1.165) is 16.8 Å². The molecule has 0 bridgehead atoms. The molecule has 1 aromatic carbocycles. The molecular weight excluding hydrogens is 273 g/mol. The Hall–Kier alpha value is -2.11. The molecule has 2 N–H and O–H groups in total. The molecule has 2 heterocycles. The Morgan fingerprint density at radius 3 is 2.90 bits per heavy atom. The SMILES string of the molecule is NCc1cccc(-c2csc(-c3ncccc3F)n2)c1. The lowest BCUT2D eigenvalue weighted by Crippen LogP contribution is -1.95. The molecule has 3 aromatic rings. The van der Waals surface area contributed by atoms with Gasteiger partial charge in [-0.15, -0.1) is 11.3 Å². The molecule has 0 saturated carbocycles. The number of nitrogens with two attached hydrogens (primary N) is 1. The quantitative estimate of drug-likeness (QED) is 0.801. The van der Waals surface area contributed by atoms with E-state index >= 15 is 0 Å². The zero-order valence-electron chi connectivity index (χ0n) is 10.6. The second-order valence-electron chi connectivity index (χ2n) is 4.28. The predicted octanol–water partition coefficient (Wildman–Crippen LogP) is 3.47. The Bertz CT molecular complexity index is 739. The van der Waals surface area contributed by atoms with Gasteiger partial charge in [0, 0.05) is 23.7 Å². The van der Waals surface area contributed by atoms with Crippen LogP contribution in [0.3, 0.4) is 0 Å². The van der Waals surface area contributed by atoms with Gasteiger partial charge in [-0.3, -0.25) is 4.98 Å². The Balaban J connectivity index is 2.00. The summed E-state index contributed by atoms with van der Waals surface area (Å²) in [6, 6.07) is 10.8. The largest absolute Gasteiger partial charge is 0.326 e. The standard InChI is InChI=1S/C15H12FN3S/c16-12-5-2-6-18-14(12)15-19-13(9-20-15)11-4-1-3-10(7-11)8-17/h1-7,9H,8,17H2. The number of hydrogen-bond donors (Lipinski definition) is 1. The van der Waals surface area contributed by atoms with E-state index in [2.05, 4.69) is 9.97 Å². The van der Waals surface area contributed by atoms with Crippen molar-refractivity contribution in [2.45, 2.75) is 6.54 Å². The summed E-state index contributed by atoms with van der Waals surface area (Å²) in [7, 11) is 0. The average Bonchev–Trinajstić information content (AvgIpc) is 2.97. The minimum atomic E-state index is -0.357. The summed E-state index contributed by atoms with van der Waals surface area (Å²) in [6.07, 6.45) is 1.56. The van der Waals surface area contributed by atoms with E-state index in [0.29, 0.717) is 17.2 Å². The molecule has 3 rings (SSSR count). The van der Waals surface area contributed by atoms with Gasteiger partial charge >= 0.3 is 0 Å². The first-order valence-corrected chi connectivity index (χ1v) is 7.01. The van der Waals surface area contributed by atoms with E-state index in [1.807, 2.05) is 29.6 Å². The zero-order valence-corrected chi connectivity index (χ0v) is 11.4. The smallest absolute Gasteiger partial charge is 0.151 e. The Kier molecular flexibility index (Phi) is 3.54. The molecule has 100 valence electrons. The first kappa shape index (κ1) is 12.9. The van der Waals surface area contributed by atoms with Gasteiger partial charge in [-0.1, -0.05) is 18.2 Å². The lowest BCUT2D eigenvalue weighted by molar-refractivity contribution is 0.625. The fourth-order valence-electron chi connectivity index (χ4n) is 1.92. The van der Waals surface area contributed by atoms with Crippen LogP contribution in [0.1, 0.15) is 5.56 Å². The van der Waals surface area contributed by atoms with Crippen molar-refractivity contribution in [2.24, 2.45) is 5.73 Å². The fraction of sp³-hybridized carbons (Fsp3) is 0.0667. The van der Waals surface area contributed by atoms with Crippen LogP contribution >= 0.6 is 11.3 Å².